The van der Waals surface area contributed by atoms with Crippen LogP contribution < -0.4 is 9.46 Å². The molecular formula is C23H25NO5S. The summed E-state index contributed by atoms with van der Waals surface area (Å²) in [6, 6.07) is 18.2. The highest BCUT2D eigenvalue weighted by molar-refractivity contribution is 7.89. The number of fused-ring (bicyclic) bond motifs is 1. The van der Waals surface area contributed by atoms with Crippen molar-refractivity contribution in [2.45, 2.75) is 31.1 Å². The molecule has 0 amide bonds. The van der Waals surface area contributed by atoms with Crippen LogP contribution in [0.1, 0.15) is 24.5 Å². The Morgan fingerprint density at radius 2 is 1.70 bits per heavy atom. The molecule has 0 radical (unpaired) electrons. The molecule has 0 bridgehead atoms. The van der Waals surface area contributed by atoms with Gasteiger partial charge in [-0.25, -0.2) is 17.9 Å². The molecule has 158 valence electrons. The van der Waals surface area contributed by atoms with Crippen LogP contribution in [0.2, 0.25) is 0 Å². The van der Waals surface area contributed by atoms with E-state index >= 15 is 0 Å². The van der Waals surface area contributed by atoms with Gasteiger partial charge in [0, 0.05) is 12.1 Å². The van der Waals surface area contributed by atoms with E-state index < -0.39 is 22.6 Å². The minimum atomic E-state index is -3.65. The number of aliphatic carboxylic acids is 1. The van der Waals surface area contributed by atoms with Crippen molar-refractivity contribution in [2.75, 3.05) is 13.2 Å². The van der Waals surface area contributed by atoms with Gasteiger partial charge in [0.05, 0.1) is 4.90 Å². The second kappa shape index (κ2) is 9.73. The maximum absolute atomic E-state index is 13.0. The quantitative estimate of drug-likeness (QED) is 0.514. The smallest absolute Gasteiger partial charge is 0.341 e. The van der Waals surface area contributed by atoms with E-state index in [-0.39, 0.29) is 6.54 Å². The first-order valence-electron chi connectivity index (χ1n) is 9.84. The van der Waals surface area contributed by atoms with Crippen LogP contribution in [0.15, 0.2) is 65.6 Å². The van der Waals surface area contributed by atoms with E-state index in [1.165, 1.54) is 0 Å². The number of sulfonamides is 1. The number of rotatable bonds is 10. The summed E-state index contributed by atoms with van der Waals surface area (Å²) in [5.74, 6) is -0.578. The van der Waals surface area contributed by atoms with Crippen molar-refractivity contribution in [2.24, 2.45) is 0 Å². The van der Waals surface area contributed by atoms with E-state index in [0.29, 0.717) is 17.1 Å². The van der Waals surface area contributed by atoms with E-state index in [4.69, 9.17) is 9.84 Å². The predicted octanol–water partition coefficient (Wildman–Crippen LogP) is 3.73. The van der Waals surface area contributed by atoms with Crippen LogP contribution in [-0.4, -0.2) is 32.6 Å². The van der Waals surface area contributed by atoms with Crippen molar-refractivity contribution in [3.63, 3.8) is 0 Å². The fourth-order valence-corrected chi connectivity index (χ4v) is 4.65. The Morgan fingerprint density at radius 1 is 1.00 bits per heavy atom. The van der Waals surface area contributed by atoms with Gasteiger partial charge in [-0.1, -0.05) is 55.8 Å². The SMILES string of the molecule is CCCc1cc(S(=O)(=O)NCCc2ccc(OCC(=O)O)cc2)c2cccccc1-2. The number of hydrogen-bond acceptors (Lipinski definition) is 4. The number of hydrogen-bond donors (Lipinski definition) is 2. The molecule has 30 heavy (non-hydrogen) atoms. The minimum Gasteiger partial charge on any atom is -0.482 e. The number of carboxylic acid groups (broad SMARTS) is 1. The molecule has 0 fully saturated rings. The van der Waals surface area contributed by atoms with Crippen molar-refractivity contribution in [3.05, 3.63) is 71.8 Å². The highest BCUT2D eigenvalue weighted by Crippen LogP contribution is 2.35. The van der Waals surface area contributed by atoms with Gasteiger partial charge in [0.15, 0.2) is 6.61 Å². The van der Waals surface area contributed by atoms with E-state index in [2.05, 4.69) is 11.6 Å². The number of carbonyl (C=O) groups is 1. The molecule has 1 aromatic carbocycles. The summed E-state index contributed by atoms with van der Waals surface area (Å²) < 4.78 is 33.7. The van der Waals surface area contributed by atoms with Gasteiger partial charge in [0.25, 0.3) is 0 Å². The summed E-state index contributed by atoms with van der Waals surface area (Å²) in [5.41, 5.74) is 3.67. The highest BCUT2D eigenvalue weighted by atomic mass is 32.2. The Labute approximate surface area is 176 Å². The Bertz CT molecular complexity index is 1080. The molecule has 0 unspecified atom stereocenters. The van der Waals surface area contributed by atoms with Crippen molar-refractivity contribution in [1.29, 1.82) is 0 Å². The lowest BCUT2D eigenvalue weighted by Crippen LogP contribution is -2.26. The molecule has 6 nitrogen and oxygen atoms in total. The summed E-state index contributed by atoms with van der Waals surface area (Å²) in [7, 11) is -3.65. The normalized spacial score (nSPS) is 11.5. The first-order chi connectivity index (χ1) is 14.4. The van der Waals surface area contributed by atoms with E-state index in [1.807, 2.05) is 30.3 Å². The zero-order valence-electron chi connectivity index (χ0n) is 16.8. The van der Waals surface area contributed by atoms with Gasteiger partial charge in [0.1, 0.15) is 5.75 Å². The second-order valence-corrected chi connectivity index (χ2v) is 8.73. The molecular weight excluding hydrogens is 402 g/mol. The van der Waals surface area contributed by atoms with Gasteiger partial charge < -0.3 is 9.84 Å². The van der Waals surface area contributed by atoms with Crippen molar-refractivity contribution in [1.82, 2.24) is 4.72 Å². The number of ether oxygens (including phenoxy) is 1. The Kier molecular flexibility index (Phi) is 7.07. The molecule has 2 N–H and O–H groups in total. The van der Waals surface area contributed by atoms with Crippen LogP contribution in [0.3, 0.4) is 0 Å². The molecule has 0 aliphatic heterocycles. The van der Waals surface area contributed by atoms with Crippen molar-refractivity contribution >= 4 is 16.0 Å². The standard InChI is InChI=1S/C23H25NO5S/c1-2-6-18-15-22(21-8-5-3-4-7-20(18)21)30(27,28)24-14-13-17-9-11-19(12-10-17)29-16-23(25)26/h3-5,7-12,15,24H,2,6,13-14,16H2,1H3,(H,25,26). The molecule has 0 spiro atoms. The average molecular weight is 428 g/mol. The Morgan fingerprint density at radius 3 is 2.37 bits per heavy atom. The van der Waals surface area contributed by atoms with Crippen LogP contribution >= 0.6 is 0 Å². The molecule has 2 aliphatic carbocycles. The number of aryl methyl sites for hydroxylation is 1. The molecule has 0 saturated heterocycles. The van der Waals surface area contributed by atoms with Crippen molar-refractivity contribution < 1.29 is 23.1 Å². The largest absolute Gasteiger partial charge is 0.482 e. The fourth-order valence-electron chi connectivity index (χ4n) is 3.36. The summed E-state index contributed by atoms with van der Waals surface area (Å²) >= 11 is 0. The lowest BCUT2D eigenvalue weighted by atomic mass is 10.1. The van der Waals surface area contributed by atoms with Crippen LogP contribution in [0.5, 0.6) is 5.75 Å². The summed E-state index contributed by atoms with van der Waals surface area (Å²) in [5, 5.41) is 8.64. The first-order valence-corrected chi connectivity index (χ1v) is 11.3. The summed E-state index contributed by atoms with van der Waals surface area (Å²) in [6.07, 6.45) is 2.27. The lowest BCUT2D eigenvalue weighted by molar-refractivity contribution is -0.139. The van der Waals surface area contributed by atoms with E-state index in [0.717, 1.165) is 35.1 Å². The maximum Gasteiger partial charge on any atom is 0.341 e. The van der Waals surface area contributed by atoms with Gasteiger partial charge in [-0.15, -0.1) is 0 Å². The summed E-state index contributed by atoms with van der Waals surface area (Å²) in [6.45, 7) is 1.93. The predicted molar refractivity (Wildman–Crippen MR) is 116 cm³/mol. The van der Waals surface area contributed by atoms with Gasteiger partial charge in [-0.3, -0.25) is 0 Å². The van der Waals surface area contributed by atoms with Crippen LogP contribution in [-0.2, 0) is 27.7 Å². The third kappa shape index (κ3) is 5.37. The van der Waals surface area contributed by atoms with Gasteiger partial charge >= 0.3 is 5.97 Å². The van der Waals surface area contributed by atoms with Gasteiger partial charge in [-0.2, -0.15) is 0 Å². The topological polar surface area (TPSA) is 92.7 Å². The van der Waals surface area contributed by atoms with E-state index in [1.54, 1.807) is 30.3 Å². The highest BCUT2D eigenvalue weighted by Gasteiger charge is 2.23. The third-order valence-corrected chi connectivity index (χ3v) is 6.26. The lowest BCUT2D eigenvalue weighted by Gasteiger charge is -2.08. The van der Waals surface area contributed by atoms with Crippen LogP contribution in [0.25, 0.3) is 11.1 Å². The van der Waals surface area contributed by atoms with Crippen LogP contribution in [0.4, 0.5) is 0 Å². The Hall–Kier alpha value is -2.90. The number of nitrogens with one attached hydrogen (secondary N) is 1. The average Bonchev–Trinajstić information content (AvgIpc) is 2.89. The van der Waals surface area contributed by atoms with Gasteiger partial charge in [0.2, 0.25) is 10.0 Å². The molecule has 0 atom stereocenters. The maximum atomic E-state index is 13.0. The minimum absolute atomic E-state index is 0.256. The second-order valence-electron chi connectivity index (χ2n) is 7.00. The van der Waals surface area contributed by atoms with Gasteiger partial charge in [-0.05, 0) is 47.7 Å². The molecule has 2 aliphatic rings. The molecule has 1 aromatic rings. The molecule has 0 aromatic heterocycles. The molecule has 7 heteroatoms. The van der Waals surface area contributed by atoms with E-state index in [9.17, 15) is 13.2 Å². The Balaban J connectivity index is 1.68. The zero-order chi connectivity index (χ0) is 21.6. The van der Waals surface area contributed by atoms with Crippen molar-refractivity contribution in [3.8, 4) is 16.9 Å². The zero-order valence-corrected chi connectivity index (χ0v) is 17.6. The number of carboxylic acids is 1. The fraction of sp³-hybridized carbons (Fsp3) is 0.261. The molecule has 0 saturated carbocycles. The number of benzene rings is 1. The first kappa shape index (κ1) is 21.8. The summed E-state index contributed by atoms with van der Waals surface area (Å²) in [4.78, 5) is 10.9. The van der Waals surface area contributed by atoms with Crippen LogP contribution in [0, 0.1) is 0 Å². The molecule has 3 rings (SSSR count). The molecule has 0 heterocycles. The monoisotopic (exact) mass is 427 g/mol. The third-order valence-electron chi connectivity index (χ3n) is 4.76.